The Hall–Kier alpha value is -4.16. The molecule has 6 rings (SSSR count). The molecule has 12 heteroatoms. The summed E-state index contributed by atoms with van der Waals surface area (Å²) < 4.78 is 34.7. The molecule has 3 aromatic rings. The molecule has 0 aliphatic carbocycles. The number of carbonyl (C=O) groups is 2. The van der Waals surface area contributed by atoms with Crippen LogP contribution < -0.4 is 25.7 Å². The third kappa shape index (κ3) is 5.89. The molecule has 1 aromatic heterocycles. The fourth-order valence-electron chi connectivity index (χ4n) is 5.81. The highest BCUT2D eigenvalue weighted by Crippen LogP contribution is 2.47. The molecule has 2 fully saturated rings. The fraction of sp³-hybridized carbons (Fsp3) is 0.452. The van der Waals surface area contributed by atoms with Crippen molar-refractivity contribution >= 4 is 28.6 Å². The Morgan fingerprint density at radius 3 is 2.67 bits per heavy atom. The number of aromatic nitrogens is 1. The van der Waals surface area contributed by atoms with Gasteiger partial charge in [0.15, 0.2) is 17.3 Å². The van der Waals surface area contributed by atoms with Crippen LogP contribution in [0.4, 0.5) is 14.9 Å². The average molecular weight is 594 g/mol. The van der Waals surface area contributed by atoms with E-state index in [0.717, 1.165) is 13.1 Å². The zero-order valence-corrected chi connectivity index (χ0v) is 24.6. The van der Waals surface area contributed by atoms with Gasteiger partial charge in [0.1, 0.15) is 22.4 Å². The van der Waals surface area contributed by atoms with Crippen LogP contribution in [0.25, 0.3) is 16.6 Å². The van der Waals surface area contributed by atoms with Gasteiger partial charge in [-0.2, -0.15) is 0 Å². The van der Waals surface area contributed by atoms with E-state index in [2.05, 4.69) is 15.5 Å². The third-order valence-electron chi connectivity index (χ3n) is 7.79. The molecule has 3 aliphatic rings. The van der Waals surface area contributed by atoms with Gasteiger partial charge in [-0.15, -0.1) is 0 Å². The van der Waals surface area contributed by atoms with Crippen LogP contribution in [0.15, 0.2) is 41.3 Å². The zero-order valence-electron chi connectivity index (χ0n) is 24.6. The summed E-state index contributed by atoms with van der Waals surface area (Å²) in [6.45, 7) is 10.0. The first kappa shape index (κ1) is 28.9. The monoisotopic (exact) mass is 593 g/mol. The SMILES string of the molecule is CC(C)(C)OC(=O)NC1CCN(c2c(F)cc3c(=O)c(C(=O)NCCN4CCOCC4)cn4c3c2Oc2ccccc2-4)C1. The molecular formula is C31H36FN5O6. The van der Waals surface area contributed by atoms with Crippen molar-refractivity contribution in [2.24, 2.45) is 0 Å². The Bertz CT molecular complexity index is 1630. The molecule has 2 N–H and O–H groups in total. The van der Waals surface area contributed by atoms with E-state index in [1.807, 2.05) is 12.1 Å². The molecule has 0 bridgehead atoms. The number of hydrogen-bond donors (Lipinski definition) is 2. The van der Waals surface area contributed by atoms with Crippen molar-refractivity contribution in [1.82, 2.24) is 20.1 Å². The van der Waals surface area contributed by atoms with Gasteiger partial charge in [-0.3, -0.25) is 14.5 Å². The van der Waals surface area contributed by atoms with Crippen LogP contribution in [-0.4, -0.2) is 85.6 Å². The Morgan fingerprint density at radius 1 is 1.14 bits per heavy atom. The summed E-state index contributed by atoms with van der Waals surface area (Å²) in [4.78, 5) is 43.3. The molecular weight excluding hydrogens is 557 g/mol. The van der Waals surface area contributed by atoms with Crippen LogP contribution in [0.5, 0.6) is 11.5 Å². The number of fused-ring (bicyclic) bond motifs is 2. The highest BCUT2D eigenvalue weighted by Gasteiger charge is 2.34. The summed E-state index contributed by atoms with van der Waals surface area (Å²) in [7, 11) is 0. The van der Waals surface area contributed by atoms with E-state index in [0.29, 0.717) is 62.8 Å². The smallest absolute Gasteiger partial charge is 0.407 e. The van der Waals surface area contributed by atoms with Gasteiger partial charge >= 0.3 is 6.09 Å². The van der Waals surface area contributed by atoms with Crippen LogP contribution in [0.3, 0.4) is 0 Å². The van der Waals surface area contributed by atoms with E-state index in [4.69, 9.17) is 14.2 Å². The number of pyridine rings is 1. The van der Waals surface area contributed by atoms with Crippen LogP contribution in [0.1, 0.15) is 37.6 Å². The minimum absolute atomic E-state index is 0.0502. The van der Waals surface area contributed by atoms with Crippen LogP contribution in [-0.2, 0) is 9.47 Å². The van der Waals surface area contributed by atoms with E-state index >= 15 is 4.39 Å². The lowest BCUT2D eigenvalue weighted by atomic mass is 10.1. The summed E-state index contributed by atoms with van der Waals surface area (Å²) in [5, 5.41) is 5.76. The predicted octanol–water partition coefficient (Wildman–Crippen LogP) is 3.40. The number of ether oxygens (including phenoxy) is 3. The number of anilines is 1. The predicted molar refractivity (Wildman–Crippen MR) is 159 cm³/mol. The molecule has 2 aromatic carbocycles. The third-order valence-corrected chi connectivity index (χ3v) is 7.79. The van der Waals surface area contributed by atoms with Crippen molar-refractivity contribution in [2.75, 3.05) is 57.4 Å². The topological polar surface area (TPSA) is 114 Å². The van der Waals surface area contributed by atoms with E-state index in [1.54, 1.807) is 42.4 Å². The Balaban J connectivity index is 1.33. The lowest BCUT2D eigenvalue weighted by molar-refractivity contribution is 0.0383. The molecule has 4 heterocycles. The fourth-order valence-corrected chi connectivity index (χ4v) is 5.81. The summed E-state index contributed by atoms with van der Waals surface area (Å²) in [5.74, 6) is -0.501. The molecule has 0 radical (unpaired) electrons. The van der Waals surface area contributed by atoms with Gasteiger partial charge in [0.05, 0.1) is 30.3 Å². The van der Waals surface area contributed by atoms with Gasteiger partial charge in [-0.25, -0.2) is 9.18 Å². The molecule has 0 spiro atoms. The van der Waals surface area contributed by atoms with E-state index in [9.17, 15) is 14.4 Å². The first-order chi connectivity index (χ1) is 20.6. The Morgan fingerprint density at radius 2 is 1.91 bits per heavy atom. The van der Waals surface area contributed by atoms with Crippen molar-refractivity contribution < 1.29 is 28.2 Å². The number of halogens is 1. The molecule has 43 heavy (non-hydrogen) atoms. The molecule has 228 valence electrons. The molecule has 2 amide bonds. The minimum atomic E-state index is -0.645. The first-order valence-corrected chi connectivity index (χ1v) is 14.6. The molecule has 1 unspecified atom stereocenters. The summed E-state index contributed by atoms with van der Waals surface area (Å²) in [6, 6.07) is 8.13. The maximum Gasteiger partial charge on any atom is 0.407 e. The number of carbonyl (C=O) groups excluding carboxylic acids is 2. The van der Waals surface area contributed by atoms with Crippen LogP contribution >= 0.6 is 0 Å². The van der Waals surface area contributed by atoms with E-state index in [-0.39, 0.29) is 28.4 Å². The Kier molecular flexibility index (Phi) is 7.74. The van der Waals surface area contributed by atoms with Gasteiger partial charge in [0.25, 0.3) is 5.91 Å². The van der Waals surface area contributed by atoms with Crippen LogP contribution in [0.2, 0.25) is 0 Å². The number of hydrogen-bond acceptors (Lipinski definition) is 8. The van der Waals surface area contributed by atoms with Crippen LogP contribution in [0, 0.1) is 5.82 Å². The summed E-state index contributed by atoms with van der Waals surface area (Å²) >= 11 is 0. The maximum absolute atomic E-state index is 16.0. The quantitative estimate of drug-likeness (QED) is 0.350. The van der Waals surface area contributed by atoms with Gasteiger partial charge < -0.3 is 34.3 Å². The molecule has 1 atom stereocenters. The van der Waals surface area contributed by atoms with E-state index < -0.39 is 28.8 Å². The number of alkyl carbamates (subject to hydrolysis) is 1. The molecule has 0 saturated carbocycles. The molecule has 3 aliphatic heterocycles. The second kappa shape index (κ2) is 11.5. The highest BCUT2D eigenvalue weighted by atomic mass is 19.1. The Labute approximate surface area is 248 Å². The largest absolute Gasteiger partial charge is 0.451 e. The summed E-state index contributed by atoms with van der Waals surface area (Å²) in [6.07, 6.45) is 1.55. The van der Waals surface area contributed by atoms with Gasteiger partial charge in [-0.05, 0) is 45.4 Å². The first-order valence-electron chi connectivity index (χ1n) is 14.6. The molecule has 11 nitrogen and oxygen atoms in total. The summed E-state index contributed by atoms with van der Waals surface area (Å²) in [5.41, 5.74) is -0.0751. The van der Waals surface area contributed by atoms with Crippen molar-refractivity contribution in [2.45, 2.75) is 38.8 Å². The lowest BCUT2D eigenvalue weighted by Gasteiger charge is -2.29. The number of nitrogens with one attached hydrogen (secondary N) is 2. The molecule has 2 saturated heterocycles. The second-order valence-corrected chi connectivity index (χ2v) is 12.0. The maximum atomic E-state index is 16.0. The van der Waals surface area contributed by atoms with Gasteiger partial charge in [-0.1, -0.05) is 12.1 Å². The van der Waals surface area contributed by atoms with Crippen molar-refractivity contribution in [3.63, 3.8) is 0 Å². The van der Waals surface area contributed by atoms with E-state index in [1.165, 1.54) is 12.3 Å². The van der Waals surface area contributed by atoms with Gasteiger partial charge in [0.2, 0.25) is 5.43 Å². The normalized spacial score (nSPS) is 18.2. The number of amides is 2. The van der Waals surface area contributed by atoms with Crippen molar-refractivity contribution in [1.29, 1.82) is 0 Å². The lowest BCUT2D eigenvalue weighted by Crippen LogP contribution is -2.42. The minimum Gasteiger partial charge on any atom is -0.451 e. The highest BCUT2D eigenvalue weighted by molar-refractivity contribution is 6.01. The number of benzene rings is 2. The number of morpholine rings is 1. The standard InChI is InChI=1S/C31H36FN5O6/c1-31(2,3)43-30(40)34-19-8-10-36(17-19)26-22(32)16-20-25-28(26)42-24-7-5-4-6-23(24)37(25)18-21(27(20)38)29(39)33-9-11-35-12-14-41-15-13-35/h4-7,16,18-19H,8-15,17H2,1-3H3,(H,33,39)(H,34,40). The number of nitrogens with zero attached hydrogens (tertiary/aromatic N) is 3. The van der Waals surface area contributed by atoms with Crippen molar-refractivity contribution in [3.05, 3.63) is 58.1 Å². The second-order valence-electron chi connectivity index (χ2n) is 12.0. The average Bonchev–Trinajstić information content (AvgIpc) is 3.41. The van der Waals surface area contributed by atoms with Gasteiger partial charge in [0, 0.05) is 45.5 Å². The van der Waals surface area contributed by atoms with Crippen molar-refractivity contribution in [3.8, 4) is 17.2 Å². The number of para-hydroxylation sites is 2. The number of rotatable bonds is 6. The zero-order chi connectivity index (χ0) is 30.3.